The monoisotopic (exact) mass is 444 g/mol. The van der Waals surface area contributed by atoms with Crippen molar-refractivity contribution in [2.45, 2.75) is 20.0 Å². The van der Waals surface area contributed by atoms with Crippen molar-refractivity contribution in [2.24, 2.45) is 0 Å². The lowest BCUT2D eigenvalue weighted by atomic mass is 10.1. The Morgan fingerprint density at radius 2 is 1.94 bits per heavy atom. The number of ether oxygens (including phenoxy) is 3. The van der Waals surface area contributed by atoms with Crippen LogP contribution in [0.2, 0.25) is 5.02 Å². The van der Waals surface area contributed by atoms with Gasteiger partial charge >= 0.3 is 5.97 Å². The highest BCUT2D eigenvalue weighted by Gasteiger charge is 2.34. The molecule has 0 aromatic heterocycles. The Morgan fingerprint density at radius 1 is 1.23 bits per heavy atom. The van der Waals surface area contributed by atoms with Gasteiger partial charge in [0.05, 0.1) is 24.4 Å². The number of nitrogens with one attached hydrogen (secondary N) is 1. The third kappa shape index (κ3) is 4.80. The minimum atomic E-state index is -0.905. The summed E-state index contributed by atoms with van der Waals surface area (Å²) in [7, 11) is 1.41. The average molecular weight is 445 g/mol. The maximum absolute atomic E-state index is 12.7. The van der Waals surface area contributed by atoms with E-state index in [0.717, 1.165) is 0 Å². The van der Waals surface area contributed by atoms with Crippen LogP contribution in [0.5, 0.6) is 11.5 Å². The van der Waals surface area contributed by atoms with Crippen molar-refractivity contribution in [2.75, 3.05) is 18.7 Å². The summed E-state index contributed by atoms with van der Waals surface area (Å²) in [4.78, 5) is 37.0. The van der Waals surface area contributed by atoms with Crippen LogP contribution in [0.15, 0.2) is 48.0 Å². The molecule has 1 aliphatic rings. The molecule has 1 atom stereocenters. The first-order chi connectivity index (χ1) is 14.8. The number of para-hydroxylation sites is 1. The number of methoxy groups -OCH3 is 1. The quantitative estimate of drug-likeness (QED) is 0.400. The fourth-order valence-electron chi connectivity index (χ4n) is 2.90. The number of hydrazine groups is 1. The molecule has 1 fully saturated rings. The number of benzene rings is 2. The lowest BCUT2D eigenvalue weighted by Gasteiger charge is -2.17. The van der Waals surface area contributed by atoms with Gasteiger partial charge in [-0.3, -0.25) is 15.0 Å². The Labute approximate surface area is 184 Å². The van der Waals surface area contributed by atoms with Crippen LogP contribution in [-0.4, -0.2) is 37.6 Å². The van der Waals surface area contributed by atoms with Crippen molar-refractivity contribution in [1.82, 2.24) is 5.43 Å². The number of nitrogens with zero attached hydrogens (tertiary/aromatic N) is 1. The van der Waals surface area contributed by atoms with E-state index in [9.17, 15) is 14.4 Å². The summed E-state index contributed by atoms with van der Waals surface area (Å²) in [5, 5.41) is 1.32. The van der Waals surface area contributed by atoms with Crippen LogP contribution in [0.4, 0.5) is 5.69 Å². The van der Waals surface area contributed by atoms with Crippen molar-refractivity contribution < 1.29 is 28.6 Å². The predicted molar refractivity (Wildman–Crippen MR) is 115 cm³/mol. The van der Waals surface area contributed by atoms with Crippen LogP contribution >= 0.6 is 11.6 Å². The Hall–Kier alpha value is -3.52. The van der Waals surface area contributed by atoms with E-state index in [-0.39, 0.29) is 28.7 Å². The van der Waals surface area contributed by atoms with E-state index in [4.69, 9.17) is 25.8 Å². The number of carbonyl (C=O) groups excluding carboxylic acids is 3. The fourth-order valence-corrected chi connectivity index (χ4v) is 3.17. The summed E-state index contributed by atoms with van der Waals surface area (Å²) in [5.74, 6) is -1.19. The van der Waals surface area contributed by atoms with Gasteiger partial charge in [0.15, 0.2) is 17.6 Å². The summed E-state index contributed by atoms with van der Waals surface area (Å²) in [5.41, 5.74) is 3.46. The van der Waals surface area contributed by atoms with Gasteiger partial charge in [-0.15, -0.1) is 0 Å². The summed E-state index contributed by atoms with van der Waals surface area (Å²) in [6, 6.07) is 11.8. The largest absolute Gasteiger partial charge is 0.493 e. The number of esters is 1. The van der Waals surface area contributed by atoms with E-state index in [1.807, 2.05) is 6.07 Å². The van der Waals surface area contributed by atoms with Gasteiger partial charge in [-0.05, 0) is 49.8 Å². The number of amides is 2. The topological polar surface area (TPSA) is 94.2 Å². The van der Waals surface area contributed by atoms with Gasteiger partial charge in [0.2, 0.25) is 0 Å². The number of halogens is 1. The van der Waals surface area contributed by atoms with E-state index in [1.54, 1.807) is 37.3 Å². The lowest BCUT2D eigenvalue weighted by Crippen LogP contribution is -2.35. The molecule has 0 spiro atoms. The molecule has 0 bridgehead atoms. The van der Waals surface area contributed by atoms with Gasteiger partial charge in [-0.25, -0.2) is 9.80 Å². The normalized spacial score (nSPS) is 15.6. The number of rotatable bonds is 7. The highest BCUT2D eigenvalue weighted by atomic mass is 35.5. The van der Waals surface area contributed by atoms with Gasteiger partial charge in [-0.1, -0.05) is 29.8 Å². The Bertz CT molecular complexity index is 1040. The molecule has 8 nitrogen and oxygen atoms in total. The van der Waals surface area contributed by atoms with E-state index in [0.29, 0.717) is 11.3 Å². The number of carbonyl (C=O) groups is 3. The standard InChI is InChI=1S/C22H21ClN2O6/c1-4-30-22(28)13(2)31-19-17(23)11-14(12-18(19)29-3)10-16-20(26)24-25(21(16)27)15-8-6-5-7-9-15/h5-13H,4H2,1-3H3,(H,24,26)/b16-10-/t13-/m1/s1. The van der Waals surface area contributed by atoms with E-state index in [1.165, 1.54) is 31.2 Å². The molecule has 0 unspecified atom stereocenters. The number of anilines is 1. The van der Waals surface area contributed by atoms with Crippen LogP contribution in [0.1, 0.15) is 19.4 Å². The highest BCUT2D eigenvalue weighted by Crippen LogP contribution is 2.38. The Morgan fingerprint density at radius 3 is 2.58 bits per heavy atom. The Kier molecular flexibility index (Phi) is 6.81. The van der Waals surface area contributed by atoms with Crippen LogP contribution in [0.3, 0.4) is 0 Å². The molecule has 1 saturated heterocycles. The first-order valence-corrected chi connectivity index (χ1v) is 9.86. The van der Waals surface area contributed by atoms with Gasteiger partial charge in [0.25, 0.3) is 11.8 Å². The van der Waals surface area contributed by atoms with Crippen LogP contribution in [0.25, 0.3) is 6.08 Å². The number of hydrogen-bond acceptors (Lipinski definition) is 6. The maximum atomic E-state index is 12.7. The first kappa shape index (κ1) is 22.2. The molecule has 1 heterocycles. The van der Waals surface area contributed by atoms with Crippen molar-refractivity contribution in [3.05, 3.63) is 58.6 Å². The SMILES string of the molecule is CCOC(=O)[C@@H](C)Oc1c(Cl)cc(/C=C2/C(=O)NN(c3ccccc3)C2=O)cc1OC. The highest BCUT2D eigenvalue weighted by molar-refractivity contribution is 6.33. The average Bonchev–Trinajstić information content (AvgIpc) is 3.04. The summed E-state index contributed by atoms with van der Waals surface area (Å²) >= 11 is 6.34. The second kappa shape index (κ2) is 9.53. The van der Waals surface area contributed by atoms with Crippen molar-refractivity contribution in [1.29, 1.82) is 0 Å². The molecule has 9 heteroatoms. The van der Waals surface area contributed by atoms with Gasteiger partial charge < -0.3 is 14.2 Å². The van der Waals surface area contributed by atoms with Crippen LogP contribution in [0, 0.1) is 0 Å². The molecular weight excluding hydrogens is 424 g/mol. The Balaban J connectivity index is 1.89. The third-order valence-electron chi connectivity index (χ3n) is 4.38. The molecule has 0 saturated carbocycles. The second-order valence-electron chi connectivity index (χ2n) is 6.52. The van der Waals surface area contributed by atoms with Crippen molar-refractivity contribution in [3.63, 3.8) is 0 Å². The summed E-state index contributed by atoms with van der Waals surface area (Å²) < 4.78 is 15.9. The van der Waals surface area contributed by atoms with E-state index >= 15 is 0 Å². The van der Waals surface area contributed by atoms with E-state index in [2.05, 4.69) is 5.43 Å². The van der Waals surface area contributed by atoms with Gasteiger partial charge in [0, 0.05) is 0 Å². The molecule has 1 aliphatic heterocycles. The zero-order valence-electron chi connectivity index (χ0n) is 17.2. The minimum Gasteiger partial charge on any atom is -0.493 e. The maximum Gasteiger partial charge on any atom is 0.347 e. The fraction of sp³-hybridized carbons (Fsp3) is 0.227. The molecule has 2 amide bonds. The second-order valence-corrected chi connectivity index (χ2v) is 6.93. The molecule has 0 aliphatic carbocycles. The smallest absolute Gasteiger partial charge is 0.347 e. The molecule has 3 rings (SSSR count). The molecule has 31 heavy (non-hydrogen) atoms. The van der Waals surface area contributed by atoms with Crippen molar-refractivity contribution in [3.8, 4) is 11.5 Å². The number of hydrogen-bond donors (Lipinski definition) is 1. The zero-order chi connectivity index (χ0) is 22.5. The molecular formula is C22H21ClN2O6. The van der Waals surface area contributed by atoms with Crippen LogP contribution in [-0.2, 0) is 19.1 Å². The zero-order valence-corrected chi connectivity index (χ0v) is 17.9. The third-order valence-corrected chi connectivity index (χ3v) is 4.66. The molecule has 2 aromatic carbocycles. The molecule has 0 radical (unpaired) electrons. The lowest BCUT2D eigenvalue weighted by molar-refractivity contribution is -0.150. The van der Waals surface area contributed by atoms with Gasteiger partial charge in [0.1, 0.15) is 5.57 Å². The molecule has 2 aromatic rings. The van der Waals surface area contributed by atoms with Crippen LogP contribution < -0.4 is 19.9 Å². The first-order valence-electron chi connectivity index (χ1n) is 9.48. The van der Waals surface area contributed by atoms with Crippen molar-refractivity contribution >= 4 is 41.1 Å². The van der Waals surface area contributed by atoms with Gasteiger partial charge in [-0.2, -0.15) is 0 Å². The minimum absolute atomic E-state index is 0.0597. The summed E-state index contributed by atoms with van der Waals surface area (Å²) in [6.45, 7) is 3.45. The van der Waals surface area contributed by atoms with E-state index < -0.39 is 23.9 Å². The summed E-state index contributed by atoms with van der Waals surface area (Å²) in [6.07, 6.45) is 0.505. The predicted octanol–water partition coefficient (Wildman–Crippen LogP) is 3.14. The molecule has 1 N–H and O–H groups in total. The molecule has 162 valence electrons.